The van der Waals surface area contributed by atoms with Crippen LogP contribution in [0, 0.1) is 0 Å². The van der Waals surface area contributed by atoms with E-state index in [9.17, 15) is 13.2 Å². The highest BCUT2D eigenvalue weighted by Crippen LogP contribution is 2.29. The van der Waals surface area contributed by atoms with Gasteiger partial charge in [0.1, 0.15) is 0 Å². The third-order valence-electron chi connectivity index (χ3n) is 3.86. The summed E-state index contributed by atoms with van der Waals surface area (Å²) in [5.74, 6) is 0.629. The van der Waals surface area contributed by atoms with Gasteiger partial charge < -0.3 is 9.88 Å². The molecule has 3 aromatic rings. The topological polar surface area (TPSA) is 29.9 Å². The maximum atomic E-state index is 12.6. The molecule has 3 nitrogen and oxygen atoms in total. The van der Waals surface area contributed by atoms with Crippen molar-refractivity contribution in [3.8, 4) is 11.3 Å². The van der Waals surface area contributed by atoms with E-state index < -0.39 is 11.7 Å². The molecular weight excluding hydrogens is 351 g/mol. The van der Waals surface area contributed by atoms with E-state index in [0.717, 1.165) is 29.0 Å². The fourth-order valence-corrected chi connectivity index (χ4v) is 2.58. The third-order valence-corrected chi connectivity index (χ3v) is 4.11. The second-order valence-electron chi connectivity index (χ2n) is 5.58. The summed E-state index contributed by atoms with van der Waals surface area (Å²) in [6.07, 6.45) is -2.59. The zero-order valence-electron chi connectivity index (χ0n) is 13.3. The summed E-state index contributed by atoms with van der Waals surface area (Å²) in [6, 6.07) is 12.5. The van der Waals surface area contributed by atoms with Crippen LogP contribution in [0.4, 0.5) is 19.1 Å². The van der Waals surface area contributed by atoms with Gasteiger partial charge in [-0.15, -0.1) is 0 Å². The van der Waals surface area contributed by atoms with Crippen LogP contribution in [0.1, 0.15) is 11.1 Å². The minimum Gasteiger partial charge on any atom is -0.352 e. The van der Waals surface area contributed by atoms with E-state index in [2.05, 4.69) is 10.3 Å². The van der Waals surface area contributed by atoms with Gasteiger partial charge in [0.15, 0.2) is 0 Å². The van der Waals surface area contributed by atoms with Crippen molar-refractivity contribution in [2.24, 2.45) is 7.05 Å². The summed E-state index contributed by atoms with van der Waals surface area (Å²) in [5.41, 5.74) is 1.97. The van der Waals surface area contributed by atoms with Crippen molar-refractivity contribution < 1.29 is 13.2 Å². The van der Waals surface area contributed by atoms with E-state index in [0.29, 0.717) is 17.5 Å². The van der Waals surface area contributed by atoms with Crippen molar-refractivity contribution in [2.75, 3.05) is 5.32 Å². The summed E-state index contributed by atoms with van der Waals surface area (Å²) in [5, 5.41) is 3.79. The lowest BCUT2D eigenvalue weighted by molar-refractivity contribution is -0.137. The molecule has 1 N–H and O–H groups in total. The molecule has 0 saturated carbocycles. The maximum absolute atomic E-state index is 12.6. The van der Waals surface area contributed by atoms with Crippen LogP contribution >= 0.6 is 11.6 Å². The molecule has 2 aromatic carbocycles. The molecule has 0 unspecified atom stereocenters. The minimum absolute atomic E-state index is 0.378. The number of halogens is 4. The molecule has 0 aliphatic carbocycles. The number of benzene rings is 2. The molecule has 0 fully saturated rings. The van der Waals surface area contributed by atoms with Gasteiger partial charge in [0.05, 0.1) is 17.5 Å². The normalized spacial score (nSPS) is 11.6. The highest BCUT2D eigenvalue weighted by Gasteiger charge is 2.29. The Morgan fingerprint density at radius 2 is 1.68 bits per heavy atom. The fourth-order valence-electron chi connectivity index (χ4n) is 2.46. The van der Waals surface area contributed by atoms with Crippen molar-refractivity contribution in [3.05, 3.63) is 70.9 Å². The molecule has 0 aliphatic heterocycles. The number of anilines is 1. The molecule has 130 valence electrons. The van der Waals surface area contributed by atoms with Gasteiger partial charge in [-0.05, 0) is 35.4 Å². The summed E-state index contributed by atoms with van der Waals surface area (Å²) in [7, 11) is 1.87. The molecule has 0 amide bonds. The Bertz CT molecular complexity index is 853. The number of nitrogens with zero attached hydrogens (tertiary/aromatic N) is 2. The Hall–Kier alpha value is -2.47. The van der Waals surface area contributed by atoms with Gasteiger partial charge in [-0.25, -0.2) is 4.98 Å². The lowest BCUT2D eigenvalue weighted by Gasteiger charge is -2.10. The zero-order chi connectivity index (χ0) is 18.0. The number of alkyl halides is 3. The minimum atomic E-state index is -4.32. The number of rotatable bonds is 4. The van der Waals surface area contributed by atoms with Crippen LogP contribution in [-0.2, 0) is 19.8 Å². The Morgan fingerprint density at radius 3 is 2.28 bits per heavy atom. The van der Waals surface area contributed by atoms with E-state index in [4.69, 9.17) is 11.6 Å². The van der Waals surface area contributed by atoms with Gasteiger partial charge in [0.2, 0.25) is 5.95 Å². The van der Waals surface area contributed by atoms with E-state index in [1.807, 2.05) is 23.7 Å². The highest BCUT2D eigenvalue weighted by molar-refractivity contribution is 6.30. The largest absolute Gasteiger partial charge is 0.416 e. The van der Waals surface area contributed by atoms with E-state index in [1.165, 1.54) is 12.1 Å². The first-order chi connectivity index (χ1) is 11.8. The Labute approximate surface area is 148 Å². The van der Waals surface area contributed by atoms with Crippen molar-refractivity contribution >= 4 is 17.5 Å². The maximum Gasteiger partial charge on any atom is 0.416 e. The standard InChI is InChI=1S/C18H15ClF3N3/c1-25-16(13-4-8-15(19)9-5-13)11-24-17(25)23-10-12-2-6-14(7-3-12)18(20,21)22/h2-9,11H,10H2,1H3,(H,23,24). The van der Waals surface area contributed by atoms with Gasteiger partial charge in [-0.3, -0.25) is 0 Å². The average Bonchev–Trinajstić information content (AvgIpc) is 2.94. The number of imidazole rings is 1. The van der Waals surface area contributed by atoms with Crippen LogP contribution in [0.15, 0.2) is 54.7 Å². The lowest BCUT2D eigenvalue weighted by atomic mass is 10.1. The van der Waals surface area contributed by atoms with Crippen LogP contribution in [0.2, 0.25) is 5.02 Å². The molecule has 0 atom stereocenters. The van der Waals surface area contributed by atoms with Crippen LogP contribution in [-0.4, -0.2) is 9.55 Å². The van der Waals surface area contributed by atoms with Gasteiger partial charge in [-0.1, -0.05) is 35.9 Å². The number of hydrogen-bond acceptors (Lipinski definition) is 2. The Morgan fingerprint density at radius 1 is 1.04 bits per heavy atom. The third kappa shape index (κ3) is 3.96. The number of aromatic nitrogens is 2. The first kappa shape index (κ1) is 17.4. The van der Waals surface area contributed by atoms with Crippen molar-refractivity contribution in [2.45, 2.75) is 12.7 Å². The smallest absolute Gasteiger partial charge is 0.352 e. The quantitative estimate of drug-likeness (QED) is 0.673. The van der Waals surface area contributed by atoms with Crippen LogP contribution in [0.3, 0.4) is 0 Å². The Balaban J connectivity index is 1.71. The molecular formula is C18H15ClF3N3. The Kier molecular flexibility index (Phi) is 4.72. The zero-order valence-corrected chi connectivity index (χ0v) is 14.1. The molecule has 3 rings (SSSR count). The predicted molar refractivity (Wildman–Crippen MR) is 92.4 cm³/mol. The highest BCUT2D eigenvalue weighted by atomic mass is 35.5. The van der Waals surface area contributed by atoms with Crippen molar-refractivity contribution in [3.63, 3.8) is 0 Å². The van der Waals surface area contributed by atoms with Crippen molar-refractivity contribution in [1.82, 2.24) is 9.55 Å². The predicted octanol–water partition coefficient (Wildman–Crippen LogP) is 5.37. The summed E-state index contributed by atoms with van der Waals surface area (Å²) >= 11 is 5.90. The molecule has 0 bridgehead atoms. The van der Waals surface area contributed by atoms with Gasteiger partial charge in [0, 0.05) is 18.6 Å². The number of nitrogens with one attached hydrogen (secondary N) is 1. The molecule has 0 radical (unpaired) electrons. The monoisotopic (exact) mass is 365 g/mol. The first-order valence-corrected chi connectivity index (χ1v) is 7.90. The fraction of sp³-hybridized carbons (Fsp3) is 0.167. The van der Waals surface area contributed by atoms with E-state index in [1.54, 1.807) is 18.3 Å². The molecule has 7 heteroatoms. The lowest BCUT2D eigenvalue weighted by Crippen LogP contribution is -2.07. The molecule has 1 aromatic heterocycles. The summed E-state index contributed by atoms with van der Waals surface area (Å²) < 4.78 is 39.6. The summed E-state index contributed by atoms with van der Waals surface area (Å²) in [4.78, 5) is 4.33. The number of hydrogen-bond donors (Lipinski definition) is 1. The average molecular weight is 366 g/mol. The second-order valence-corrected chi connectivity index (χ2v) is 6.02. The van der Waals surface area contributed by atoms with Crippen LogP contribution < -0.4 is 5.32 Å². The van der Waals surface area contributed by atoms with Gasteiger partial charge >= 0.3 is 6.18 Å². The van der Waals surface area contributed by atoms with Crippen LogP contribution in [0.5, 0.6) is 0 Å². The molecule has 0 saturated heterocycles. The van der Waals surface area contributed by atoms with Crippen molar-refractivity contribution in [1.29, 1.82) is 0 Å². The first-order valence-electron chi connectivity index (χ1n) is 7.52. The second kappa shape index (κ2) is 6.80. The molecule has 1 heterocycles. The summed E-state index contributed by atoms with van der Waals surface area (Å²) in [6.45, 7) is 0.378. The van der Waals surface area contributed by atoms with Gasteiger partial charge in [0.25, 0.3) is 0 Å². The molecule has 25 heavy (non-hydrogen) atoms. The molecule has 0 aliphatic rings. The SMILES string of the molecule is Cn1c(-c2ccc(Cl)cc2)cnc1NCc1ccc(C(F)(F)F)cc1. The van der Waals surface area contributed by atoms with Gasteiger partial charge in [-0.2, -0.15) is 13.2 Å². The van der Waals surface area contributed by atoms with E-state index >= 15 is 0 Å². The van der Waals surface area contributed by atoms with E-state index in [-0.39, 0.29) is 0 Å². The molecule has 0 spiro atoms. The van der Waals surface area contributed by atoms with Crippen LogP contribution in [0.25, 0.3) is 11.3 Å².